The highest BCUT2D eigenvalue weighted by Gasteiger charge is 2.54. The van der Waals surface area contributed by atoms with E-state index in [1.54, 1.807) is 12.1 Å². The Labute approximate surface area is 146 Å². The molecule has 3 atom stereocenters. The number of Topliss-reactive ketones (excluding diaryl/α,β-unsaturated/α-hetero) is 1. The standard InChI is InChI=1S/C21H20O4/c1-20(11-22)6-3-7-21(2)15-9-13-12(16(23)4-5-17(13)24)8-14(15)18(25)10-19(20)21/h4-5,8-9,11,19H,3,6-7,10H2,1-2H3. The van der Waals surface area contributed by atoms with Gasteiger partial charge in [-0.25, -0.2) is 0 Å². The quantitative estimate of drug-likeness (QED) is 0.736. The summed E-state index contributed by atoms with van der Waals surface area (Å²) in [6.07, 6.45) is 6.43. The van der Waals surface area contributed by atoms with Crippen LogP contribution in [0, 0.1) is 11.3 Å². The molecule has 25 heavy (non-hydrogen) atoms. The molecule has 1 aromatic rings. The van der Waals surface area contributed by atoms with Gasteiger partial charge in [-0.2, -0.15) is 0 Å². The number of fused-ring (bicyclic) bond motifs is 4. The molecule has 0 saturated heterocycles. The van der Waals surface area contributed by atoms with Crippen LogP contribution in [-0.4, -0.2) is 23.6 Å². The average molecular weight is 336 g/mol. The van der Waals surface area contributed by atoms with Gasteiger partial charge in [-0.05, 0) is 54.0 Å². The Morgan fingerprint density at radius 3 is 2.24 bits per heavy atom. The van der Waals surface area contributed by atoms with Crippen LogP contribution in [0.25, 0.3) is 0 Å². The van der Waals surface area contributed by atoms with Gasteiger partial charge in [-0.1, -0.05) is 20.3 Å². The highest BCUT2D eigenvalue weighted by Crippen LogP contribution is 2.56. The fraction of sp³-hybridized carbons (Fsp3) is 0.429. The first-order valence-corrected chi connectivity index (χ1v) is 8.75. The van der Waals surface area contributed by atoms with Gasteiger partial charge in [0, 0.05) is 28.5 Å². The summed E-state index contributed by atoms with van der Waals surface area (Å²) in [5, 5.41) is 0. The van der Waals surface area contributed by atoms with Crippen molar-refractivity contribution < 1.29 is 19.2 Å². The molecule has 0 amide bonds. The predicted octanol–water partition coefficient (Wildman–Crippen LogP) is 3.47. The van der Waals surface area contributed by atoms with Crippen LogP contribution in [0.5, 0.6) is 0 Å². The Morgan fingerprint density at radius 1 is 0.960 bits per heavy atom. The normalized spacial score (nSPS) is 33.5. The van der Waals surface area contributed by atoms with Gasteiger partial charge >= 0.3 is 0 Å². The van der Waals surface area contributed by atoms with Gasteiger partial charge < -0.3 is 4.79 Å². The highest BCUT2D eigenvalue weighted by atomic mass is 16.1. The summed E-state index contributed by atoms with van der Waals surface area (Å²) in [4.78, 5) is 49.0. The van der Waals surface area contributed by atoms with Crippen molar-refractivity contribution in [2.75, 3.05) is 0 Å². The monoisotopic (exact) mass is 336 g/mol. The zero-order valence-corrected chi connectivity index (χ0v) is 14.4. The number of allylic oxidation sites excluding steroid dienone is 2. The molecule has 0 bridgehead atoms. The van der Waals surface area contributed by atoms with Crippen molar-refractivity contribution in [2.24, 2.45) is 11.3 Å². The molecule has 3 aliphatic rings. The van der Waals surface area contributed by atoms with Crippen molar-refractivity contribution in [1.82, 2.24) is 0 Å². The second-order valence-corrected chi connectivity index (χ2v) is 8.08. The summed E-state index contributed by atoms with van der Waals surface area (Å²) >= 11 is 0. The molecule has 1 fully saturated rings. The predicted molar refractivity (Wildman–Crippen MR) is 92.1 cm³/mol. The third-order valence-corrected chi connectivity index (χ3v) is 6.63. The number of ketones is 3. The molecule has 4 heteroatoms. The molecule has 1 saturated carbocycles. The molecule has 0 heterocycles. The number of carbonyl (C=O) groups excluding carboxylic acids is 4. The van der Waals surface area contributed by atoms with Gasteiger partial charge in [0.15, 0.2) is 17.3 Å². The summed E-state index contributed by atoms with van der Waals surface area (Å²) in [5.74, 6) is -0.553. The first-order valence-electron chi connectivity index (χ1n) is 8.75. The van der Waals surface area contributed by atoms with Crippen LogP contribution >= 0.6 is 0 Å². The van der Waals surface area contributed by atoms with Gasteiger partial charge in [0.2, 0.25) is 0 Å². The number of benzene rings is 1. The lowest BCUT2D eigenvalue weighted by Crippen LogP contribution is -2.51. The van der Waals surface area contributed by atoms with Crippen LogP contribution in [0.2, 0.25) is 0 Å². The number of carbonyl (C=O) groups is 4. The van der Waals surface area contributed by atoms with E-state index in [1.165, 1.54) is 12.2 Å². The van der Waals surface area contributed by atoms with Crippen LogP contribution in [0.1, 0.15) is 76.2 Å². The maximum absolute atomic E-state index is 12.8. The second-order valence-electron chi connectivity index (χ2n) is 8.08. The number of aldehydes is 1. The van der Waals surface area contributed by atoms with Crippen LogP contribution in [0.15, 0.2) is 24.3 Å². The van der Waals surface area contributed by atoms with Crippen LogP contribution in [0.3, 0.4) is 0 Å². The molecule has 0 spiro atoms. The summed E-state index contributed by atoms with van der Waals surface area (Å²) in [6, 6.07) is 3.35. The number of hydrogen-bond acceptors (Lipinski definition) is 4. The summed E-state index contributed by atoms with van der Waals surface area (Å²) in [7, 11) is 0. The molecule has 1 aromatic carbocycles. The Balaban J connectivity index is 1.96. The average Bonchev–Trinajstić information content (AvgIpc) is 2.60. The van der Waals surface area contributed by atoms with E-state index < -0.39 is 5.41 Å². The SMILES string of the molecule is CC1(C=O)CCCC2(C)c3cc4c(cc3C(=O)CC12)C(=O)C=CC4=O. The summed E-state index contributed by atoms with van der Waals surface area (Å²) in [6.45, 7) is 4.04. The third kappa shape index (κ3) is 2.06. The molecule has 4 rings (SSSR count). The smallest absolute Gasteiger partial charge is 0.186 e. The van der Waals surface area contributed by atoms with Crippen molar-refractivity contribution in [1.29, 1.82) is 0 Å². The molecule has 0 radical (unpaired) electrons. The van der Waals surface area contributed by atoms with Gasteiger partial charge in [0.25, 0.3) is 0 Å². The minimum atomic E-state index is -0.532. The van der Waals surface area contributed by atoms with Gasteiger partial charge in [-0.3, -0.25) is 14.4 Å². The molecular weight excluding hydrogens is 316 g/mol. The third-order valence-electron chi connectivity index (χ3n) is 6.63. The van der Waals surface area contributed by atoms with Crippen LogP contribution in [-0.2, 0) is 10.2 Å². The van der Waals surface area contributed by atoms with Crippen LogP contribution in [0.4, 0.5) is 0 Å². The first kappa shape index (κ1) is 16.1. The van der Waals surface area contributed by atoms with E-state index in [0.717, 1.165) is 31.1 Å². The van der Waals surface area contributed by atoms with Crippen molar-refractivity contribution in [2.45, 2.75) is 44.9 Å². The largest absolute Gasteiger partial charge is 0.303 e. The minimum absolute atomic E-state index is 0.0370. The first-order chi connectivity index (χ1) is 11.8. The van der Waals surface area contributed by atoms with Gasteiger partial charge in [0.05, 0.1) is 0 Å². The Morgan fingerprint density at radius 2 is 1.60 bits per heavy atom. The number of rotatable bonds is 1. The second kappa shape index (κ2) is 5.07. The van der Waals surface area contributed by atoms with E-state index in [0.29, 0.717) is 23.1 Å². The Bertz CT molecular complexity index is 878. The summed E-state index contributed by atoms with van der Waals surface area (Å²) in [5.41, 5.74) is 1.20. The van der Waals surface area contributed by atoms with E-state index in [2.05, 4.69) is 6.92 Å². The highest BCUT2D eigenvalue weighted by molar-refractivity contribution is 6.23. The Hall–Kier alpha value is -2.36. The van der Waals surface area contributed by atoms with Gasteiger partial charge in [0.1, 0.15) is 6.29 Å². The topological polar surface area (TPSA) is 68.3 Å². The Kier molecular flexibility index (Phi) is 3.27. The van der Waals surface area contributed by atoms with E-state index in [-0.39, 0.29) is 28.7 Å². The van der Waals surface area contributed by atoms with Crippen molar-refractivity contribution >= 4 is 23.6 Å². The number of hydrogen-bond donors (Lipinski definition) is 0. The lowest BCUT2D eigenvalue weighted by atomic mass is 9.50. The van der Waals surface area contributed by atoms with E-state index >= 15 is 0 Å². The molecule has 128 valence electrons. The van der Waals surface area contributed by atoms with Crippen molar-refractivity contribution in [3.63, 3.8) is 0 Å². The minimum Gasteiger partial charge on any atom is -0.303 e. The lowest BCUT2D eigenvalue weighted by molar-refractivity contribution is -0.122. The fourth-order valence-corrected chi connectivity index (χ4v) is 5.17. The van der Waals surface area contributed by atoms with Crippen LogP contribution < -0.4 is 0 Å². The molecule has 0 aliphatic heterocycles. The maximum Gasteiger partial charge on any atom is 0.186 e. The van der Waals surface area contributed by atoms with E-state index in [9.17, 15) is 19.2 Å². The molecular formula is C21H20O4. The molecule has 3 aliphatic carbocycles. The zero-order valence-electron chi connectivity index (χ0n) is 14.4. The van der Waals surface area contributed by atoms with Gasteiger partial charge in [-0.15, -0.1) is 0 Å². The summed E-state index contributed by atoms with van der Waals surface area (Å²) < 4.78 is 0. The van der Waals surface area contributed by atoms with Crippen molar-refractivity contribution in [3.8, 4) is 0 Å². The van der Waals surface area contributed by atoms with E-state index in [4.69, 9.17) is 0 Å². The zero-order chi connectivity index (χ0) is 18.0. The van der Waals surface area contributed by atoms with E-state index in [1.807, 2.05) is 6.92 Å². The lowest BCUT2D eigenvalue weighted by Gasteiger charge is -2.53. The van der Waals surface area contributed by atoms with Crippen molar-refractivity contribution in [3.05, 3.63) is 46.5 Å². The molecule has 0 aromatic heterocycles. The molecule has 0 N–H and O–H groups in total. The fourth-order valence-electron chi connectivity index (χ4n) is 5.17. The maximum atomic E-state index is 12.8. The molecule has 3 unspecified atom stereocenters. The molecule has 4 nitrogen and oxygen atoms in total.